The van der Waals surface area contributed by atoms with Crippen LogP contribution in [0, 0.1) is 0 Å². The number of nitrogens with zero attached hydrogens (tertiary/aromatic N) is 2. The number of carboxylic acid groups (broad SMARTS) is 1. The number of anilines is 1. The summed E-state index contributed by atoms with van der Waals surface area (Å²) in [6.07, 6.45) is 5.27. The van der Waals surface area contributed by atoms with E-state index in [0.717, 1.165) is 72.3 Å². The van der Waals surface area contributed by atoms with Crippen LogP contribution in [0.4, 0.5) is 5.69 Å². The summed E-state index contributed by atoms with van der Waals surface area (Å²) in [4.78, 5) is 17.0. The SMILES string of the molecule is CCCCc1nc2ccc(NCCCCCS(=O)(=O)c3ccc(OC)cc3)cc2n1Cc1ccc(-c2ccccc2C(=O)O)cc1. The number of aromatic nitrogens is 2. The largest absolute Gasteiger partial charge is 0.497 e. The van der Waals surface area contributed by atoms with E-state index in [2.05, 4.69) is 41.1 Å². The fourth-order valence-electron chi connectivity index (χ4n) is 5.61. The number of fused-ring (bicyclic) bond motifs is 1. The van der Waals surface area contributed by atoms with E-state index in [4.69, 9.17) is 9.72 Å². The van der Waals surface area contributed by atoms with Gasteiger partial charge in [-0.2, -0.15) is 0 Å². The van der Waals surface area contributed by atoms with Crippen molar-refractivity contribution >= 4 is 32.5 Å². The highest BCUT2D eigenvalue weighted by Crippen LogP contribution is 2.27. The molecule has 0 unspecified atom stereocenters. The zero-order valence-corrected chi connectivity index (χ0v) is 27.2. The summed E-state index contributed by atoms with van der Waals surface area (Å²) < 4.78 is 32.7. The number of aryl methyl sites for hydroxylation is 1. The van der Waals surface area contributed by atoms with E-state index in [1.54, 1.807) is 43.5 Å². The Kier molecular flexibility index (Phi) is 10.8. The first-order valence-electron chi connectivity index (χ1n) is 15.8. The molecule has 240 valence electrons. The first-order valence-corrected chi connectivity index (χ1v) is 17.5. The van der Waals surface area contributed by atoms with Crippen molar-refractivity contribution < 1.29 is 23.1 Å². The normalized spacial score (nSPS) is 11.5. The predicted molar refractivity (Wildman–Crippen MR) is 184 cm³/mol. The van der Waals surface area contributed by atoms with Crippen molar-refractivity contribution in [1.82, 2.24) is 9.55 Å². The summed E-state index contributed by atoms with van der Waals surface area (Å²) in [7, 11) is -1.76. The molecular formula is C37H41N3O5S. The molecule has 0 aliphatic carbocycles. The molecule has 0 aliphatic rings. The van der Waals surface area contributed by atoms with Gasteiger partial charge in [0.05, 0.1) is 34.4 Å². The van der Waals surface area contributed by atoms with Crippen LogP contribution in [-0.2, 0) is 22.8 Å². The molecule has 0 spiro atoms. The Balaban J connectivity index is 1.23. The minimum Gasteiger partial charge on any atom is -0.497 e. The molecule has 0 fully saturated rings. The highest BCUT2D eigenvalue weighted by Gasteiger charge is 2.15. The number of hydrogen-bond acceptors (Lipinski definition) is 6. The maximum absolute atomic E-state index is 12.7. The molecule has 0 saturated carbocycles. The number of benzene rings is 4. The van der Waals surface area contributed by atoms with Gasteiger partial charge in [-0.05, 0) is 84.5 Å². The van der Waals surface area contributed by atoms with Crippen LogP contribution in [0.25, 0.3) is 22.2 Å². The second-order valence-electron chi connectivity index (χ2n) is 11.5. The number of rotatable bonds is 16. The highest BCUT2D eigenvalue weighted by molar-refractivity contribution is 7.91. The fraction of sp³-hybridized carbons (Fsp3) is 0.297. The molecule has 4 aromatic carbocycles. The number of nitrogens with one attached hydrogen (secondary N) is 1. The van der Waals surface area contributed by atoms with Gasteiger partial charge < -0.3 is 19.7 Å². The van der Waals surface area contributed by atoms with Crippen molar-refractivity contribution in [2.24, 2.45) is 0 Å². The second kappa shape index (κ2) is 15.1. The third kappa shape index (κ3) is 7.95. The Bertz CT molecular complexity index is 1880. The van der Waals surface area contributed by atoms with Gasteiger partial charge in [-0.15, -0.1) is 0 Å². The summed E-state index contributed by atoms with van der Waals surface area (Å²) in [5.41, 5.74) is 5.98. The fourth-order valence-corrected chi connectivity index (χ4v) is 6.98. The molecule has 8 nitrogen and oxygen atoms in total. The van der Waals surface area contributed by atoms with Crippen LogP contribution in [-0.4, -0.2) is 48.5 Å². The van der Waals surface area contributed by atoms with Gasteiger partial charge in [-0.1, -0.05) is 62.2 Å². The van der Waals surface area contributed by atoms with E-state index in [9.17, 15) is 18.3 Å². The summed E-state index contributed by atoms with van der Waals surface area (Å²) in [5.74, 6) is 0.871. The maximum atomic E-state index is 12.7. The zero-order chi connectivity index (χ0) is 32.5. The molecule has 2 N–H and O–H groups in total. The Morgan fingerprint density at radius 2 is 1.67 bits per heavy atom. The van der Waals surface area contributed by atoms with Gasteiger partial charge in [0, 0.05) is 25.2 Å². The van der Waals surface area contributed by atoms with Gasteiger partial charge in [0.1, 0.15) is 11.6 Å². The molecule has 1 heterocycles. The van der Waals surface area contributed by atoms with E-state index in [0.29, 0.717) is 29.2 Å². The molecule has 0 atom stereocenters. The van der Waals surface area contributed by atoms with Crippen LogP contribution in [0.1, 0.15) is 60.8 Å². The zero-order valence-electron chi connectivity index (χ0n) is 26.4. The van der Waals surface area contributed by atoms with Crippen molar-refractivity contribution in [2.75, 3.05) is 24.7 Å². The Hall–Kier alpha value is -4.63. The van der Waals surface area contributed by atoms with Crippen LogP contribution in [0.5, 0.6) is 5.75 Å². The smallest absolute Gasteiger partial charge is 0.336 e. The number of methoxy groups -OCH3 is 1. The van der Waals surface area contributed by atoms with Crippen LogP contribution < -0.4 is 10.1 Å². The number of carboxylic acids is 1. The first-order chi connectivity index (χ1) is 22.3. The number of ether oxygens (including phenoxy) is 1. The highest BCUT2D eigenvalue weighted by atomic mass is 32.2. The molecular weight excluding hydrogens is 598 g/mol. The van der Waals surface area contributed by atoms with Crippen LogP contribution >= 0.6 is 0 Å². The van der Waals surface area contributed by atoms with Gasteiger partial charge in [0.25, 0.3) is 0 Å². The molecule has 46 heavy (non-hydrogen) atoms. The van der Waals surface area contributed by atoms with Gasteiger partial charge in [0.15, 0.2) is 9.84 Å². The predicted octanol–water partition coefficient (Wildman–Crippen LogP) is 7.86. The molecule has 9 heteroatoms. The van der Waals surface area contributed by atoms with Crippen LogP contribution in [0.3, 0.4) is 0 Å². The third-order valence-electron chi connectivity index (χ3n) is 8.18. The summed E-state index contributed by atoms with van der Waals surface area (Å²) >= 11 is 0. The molecule has 0 bridgehead atoms. The first kappa shape index (κ1) is 32.8. The number of carbonyl (C=O) groups is 1. The molecule has 5 rings (SSSR count). The number of unbranched alkanes of at least 4 members (excludes halogenated alkanes) is 3. The van der Waals surface area contributed by atoms with E-state index >= 15 is 0 Å². The Morgan fingerprint density at radius 1 is 0.913 bits per heavy atom. The average Bonchev–Trinajstić information content (AvgIpc) is 3.41. The molecule has 0 aliphatic heterocycles. The topological polar surface area (TPSA) is 111 Å². The maximum Gasteiger partial charge on any atom is 0.336 e. The monoisotopic (exact) mass is 639 g/mol. The lowest BCUT2D eigenvalue weighted by Crippen LogP contribution is -2.08. The van der Waals surface area contributed by atoms with Crippen LogP contribution in [0.15, 0.2) is 95.9 Å². The average molecular weight is 640 g/mol. The molecule has 1 aromatic heterocycles. The minimum atomic E-state index is -3.32. The van der Waals surface area contributed by atoms with Gasteiger partial charge in [0.2, 0.25) is 0 Å². The van der Waals surface area contributed by atoms with Gasteiger partial charge in [-0.25, -0.2) is 18.2 Å². The summed E-state index contributed by atoms with van der Waals surface area (Å²) in [6.45, 7) is 3.57. The van der Waals surface area contributed by atoms with E-state index in [-0.39, 0.29) is 11.3 Å². The molecule has 0 amide bonds. The third-order valence-corrected chi connectivity index (χ3v) is 10.00. The minimum absolute atomic E-state index is 0.123. The van der Waals surface area contributed by atoms with Gasteiger partial charge >= 0.3 is 5.97 Å². The second-order valence-corrected chi connectivity index (χ2v) is 13.6. The van der Waals surface area contributed by atoms with Crippen molar-refractivity contribution in [3.8, 4) is 16.9 Å². The van der Waals surface area contributed by atoms with Crippen LogP contribution in [0.2, 0.25) is 0 Å². The summed E-state index contributed by atoms with van der Waals surface area (Å²) in [5, 5.41) is 13.1. The quantitative estimate of drug-likeness (QED) is 0.106. The van der Waals surface area contributed by atoms with E-state index < -0.39 is 15.8 Å². The molecule has 5 aromatic rings. The van der Waals surface area contributed by atoms with Crippen molar-refractivity contribution in [2.45, 2.75) is 56.9 Å². The number of sulfone groups is 1. The van der Waals surface area contributed by atoms with E-state index in [1.807, 2.05) is 30.3 Å². The van der Waals surface area contributed by atoms with Gasteiger partial charge in [-0.3, -0.25) is 0 Å². The Morgan fingerprint density at radius 3 is 2.39 bits per heavy atom. The number of imidazole rings is 1. The van der Waals surface area contributed by atoms with E-state index in [1.165, 1.54) is 0 Å². The number of hydrogen-bond donors (Lipinski definition) is 2. The van der Waals surface area contributed by atoms with Crippen molar-refractivity contribution in [1.29, 1.82) is 0 Å². The summed E-state index contributed by atoms with van der Waals surface area (Å²) in [6, 6.07) is 27.9. The lowest BCUT2D eigenvalue weighted by atomic mass is 9.99. The lowest BCUT2D eigenvalue weighted by Gasteiger charge is -2.12. The number of aromatic carboxylic acids is 1. The van der Waals surface area contributed by atoms with Crippen molar-refractivity contribution in [3.63, 3.8) is 0 Å². The lowest BCUT2D eigenvalue weighted by molar-refractivity contribution is 0.0697. The standard InChI is InChI=1S/C37H41N3O5S/c1-3-4-12-36-39-34-22-17-29(38-23-8-5-9-24-46(43,44)31-20-18-30(45-2)19-21-31)25-35(34)40(36)26-27-13-15-28(16-14-27)32-10-6-7-11-33(32)37(41)42/h6-7,10-11,13-22,25,38H,3-5,8-9,12,23-24,26H2,1-2H3,(H,41,42). The molecule has 0 saturated heterocycles. The molecule has 0 radical (unpaired) electrons. The Labute approximate surface area is 271 Å². The van der Waals surface area contributed by atoms with Crippen molar-refractivity contribution in [3.05, 3.63) is 108 Å².